The molecule has 0 unspecified atom stereocenters. The van der Waals surface area contributed by atoms with E-state index in [9.17, 15) is 4.79 Å². The number of hydrogen-bond acceptors (Lipinski definition) is 2. The van der Waals surface area contributed by atoms with Crippen LogP contribution in [0.1, 0.15) is 22.8 Å². The molecule has 80 valence electrons. The van der Waals surface area contributed by atoms with Crippen molar-refractivity contribution in [1.82, 2.24) is 5.32 Å². The standard InChI is InChI=1S/C12H15NO2/c1-9(2)7-13-8-10-4-3-5-11(6-10)12(14)15/h3-6,13H,1,7-8H2,2H3,(H,14,15). The Morgan fingerprint density at radius 1 is 1.53 bits per heavy atom. The van der Waals surface area contributed by atoms with Gasteiger partial charge in [-0.3, -0.25) is 0 Å². The Labute approximate surface area is 89.4 Å². The molecule has 0 radical (unpaired) electrons. The maximum absolute atomic E-state index is 10.7. The molecule has 0 aromatic heterocycles. The summed E-state index contributed by atoms with van der Waals surface area (Å²) in [5.41, 5.74) is 2.35. The Balaban J connectivity index is 2.58. The van der Waals surface area contributed by atoms with Crippen LogP contribution in [0, 0.1) is 0 Å². The second kappa shape index (κ2) is 5.32. The van der Waals surface area contributed by atoms with Gasteiger partial charge in [-0.1, -0.05) is 24.3 Å². The van der Waals surface area contributed by atoms with Crippen molar-refractivity contribution in [2.24, 2.45) is 0 Å². The molecule has 0 heterocycles. The number of carboxylic acid groups (broad SMARTS) is 1. The van der Waals surface area contributed by atoms with Gasteiger partial charge in [0.1, 0.15) is 0 Å². The Morgan fingerprint density at radius 2 is 2.27 bits per heavy atom. The number of aromatic carboxylic acids is 1. The fraction of sp³-hybridized carbons (Fsp3) is 0.250. The molecule has 3 heteroatoms. The van der Waals surface area contributed by atoms with E-state index in [1.807, 2.05) is 13.0 Å². The van der Waals surface area contributed by atoms with Gasteiger partial charge in [0, 0.05) is 13.1 Å². The summed E-state index contributed by atoms with van der Waals surface area (Å²) in [6.07, 6.45) is 0. The van der Waals surface area contributed by atoms with E-state index in [1.165, 1.54) is 0 Å². The van der Waals surface area contributed by atoms with Gasteiger partial charge in [-0.25, -0.2) is 4.79 Å². The molecule has 1 aromatic rings. The fourth-order valence-electron chi connectivity index (χ4n) is 1.23. The van der Waals surface area contributed by atoms with E-state index in [2.05, 4.69) is 11.9 Å². The Bertz CT molecular complexity index is 372. The van der Waals surface area contributed by atoms with Crippen molar-refractivity contribution in [3.63, 3.8) is 0 Å². The smallest absolute Gasteiger partial charge is 0.335 e. The molecule has 0 bridgehead atoms. The number of carboxylic acids is 1. The lowest BCUT2D eigenvalue weighted by molar-refractivity contribution is 0.0697. The highest BCUT2D eigenvalue weighted by molar-refractivity contribution is 5.87. The van der Waals surface area contributed by atoms with Crippen LogP contribution in [0.15, 0.2) is 36.4 Å². The highest BCUT2D eigenvalue weighted by Gasteiger charge is 2.02. The van der Waals surface area contributed by atoms with E-state index in [-0.39, 0.29) is 0 Å². The average molecular weight is 205 g/mol. The lowest BCUT2D eigenvalue weighted by Crippen LogP contribution is -2.15. The minimum Gasteiger partial charge on any atom is -0.478 e. The summed E-state index contributed by atoms with van der Waals surface area (Å²) in [7, 11) is 0. The number of rotatable bonds is 5. The SMILES string of the molecule is C=C(C)CNCc1cccc(C(=O)O)c1. The Hall–Kier alpha value is -1.61. The van der Waals surface area contributed by atoms with Gasteiger partial charge < -0.3 is 10.4 Å². The largest absolute Gasteiger partial charge is 0.478 e. The Kier molecular flexibility index (Phi) is 4.06. The first-order valence-electron chi connectivity index (χ1n) is 4.77. The van der Waals surface area contributed by atoms with Crippen molar-refractivity contribution in [3.05, 3.63) is 47.5 Å². The quantitative estimate of drug-likeness (QED) is 0.723. The molecule has 0 amide bonds. The molecule has 2 N–H and O–H groups in total. The minimum atomic E-state index is -0.892. The third kappa shape index (κ3) is 3.95. The molecule has 15 heavy (non-hydrogen) atoms. The van der Waals surface area contributed by atoms with Gasteiger partial charge in [-0.05, 0) is 24.6 Å². The lowest BCUT2D eigenvalue weighted by Gasteiger charge is -2.05. The minimum absolute atomic E-state index is 0.324. The summed E-state index contributed by atoms with van der Waals surface area (Å²) < 4.78 is 0. The van der Waals surface area contributed by atoms with Gasteiger partial charge in [-0.15, -0.1) is 0 Å². The van der Waals surface area contributed by atoms with Crippen LogP contribution in [0.3, 0.4) is 0 Å². The summed E-state index contributed by atoms with van der Waals surface area (Å²) in [6.45, 7) is 7.13. The molecule has 0 saturated heterocycles. The second-order valence-electron chi connectivity index (χ2n) is 3.57. The van der Waals surface area contributed by atoms with Crippen molar-refractivity contribution in [2.75, 3.05) is 6.54 Å². The first-order valence-corrected chi connectivity index (χ1v) is 4.77. The van der Waals surface area contributed by atoms with E-state index in [0.29, 0.717) is 12.1 Å². The summed E-state index contributed by atoms with van der Waals surface area (Å²) >= 11 is 0. The van der Waals surface area contributed by atoms with Crippen LogP contribution in [0.4, 0.5) is 0 Å². The topological polar surface area (TPSA) is 49.3 Å². The van der Waals surface area contributed by atoms with E-state index in [1.54, 1.807) is 18.2 Å². The maximum atomic E-state index is 10.7. The zero-order valence-electron chi connectivity index (χ0n) is 8.79. The normalized spacial score (nSPS) is 9.93. The predicted molar refractivity (Wildman–Crippen MR) is 59.9 cm³/mol. The van der Waals surface area contributed by atoms with Crippen molar-refractivity contribution in [2.45, 2.75) is 13.5 Å². The van der Waals surface area contributed by atoms with Gasteiger partial charge >= 0.3 is 5.97 Å². The molecule has 0 atom stereocenters. The number of hydrogen-bond donors (Lipinski definition) is 2. The van der Waals surface area contributed by atoms with E-state index in [4.69, 9.17) is 5.11 Å². The summed E-state index contributed by atoms with van der Waals surface area (Å²) in [6, 6.07) is 6.91. The first-order chi connectivity index (χ1) is 7.09. The van der Waals surface area contributed by atoms with E-state index in [0.717, 1.165) is 17.7 Å². The fourth-order valence-corrected chi connectivity index (χ4v) is 1.23. The molecule has 0 saturated carbocycles. The monoisotopic (exact) mass is 205 g/mol. The molecule has 0 aliphatic rings. The van der Waals surface area contributed by atoms with Crippen LogP contribution in [0.5, 0.6) is 0 Å². The molecular weight excluding hydrogens is 190 g/mol. The molecule has 0 spiro atoms. The number of benzene rings is 1. The van der Waals surface area contributed by atoms with Gasteiger partial charge in [0.05, 0.1) is 5.56 Å². The third-order valence-corrected chi connectivity index (χ3v) is 1.93. The summed E-state index contributed by atoms with van der Waals surface area (Å²) in [5.74, 6) is -0.892. The summed E-state index contributed by atoms with van der Waals surface area (Å²) in [5, 5.41) is 12.0. The predicted octanol–water partition coefficient (Wildman–Crippen LogP) is 2.05. The Morgan fingerprint density at radius 3 is 2.87 bits per heavy atom. The molecular formula is C12H15NO2. The highest BCUT2D eigenvalue weighted by Crippen LogP contribution is 2.05. The van der Waals surface area contributed by atoms with Gasteiger partial charge in [0.25, 0.3) is 0 Å². The molecule has 1 rings (SSSR count). The van der Waals surface area contributed by atoms with E-state index < -0.39 is 5.97 Å². The number of nitrogens with one attached hydrogen (secondary N) is 1. The average Bonchev–Trinajstić information content (AvgIpc) is 2.17. The van der Waals surface area contributed by atoms with Crippen LogP contribution in [-0.2, 0) is 6.54 Å². The second-order valence-corrected chi connectivity index (χ2v) is 3.57. The molecule has 0 fully saturated rings. The van der Waals surface area contributed by atoms with Crippen molar-refractivity contribution < 1.29 is 9.90 Å². The molecule has 3 nitrogen and oxygen atoms in total. The number of carbonyl (C=O) groups is 1. The molecule has 1 aromatic carbocycles. The zero-order chi connectivity index (χ0) is 11.3. The third-order valence-electron chi connectivity index (χ3n) is 1.93. The maximum Gasteiger partial charge on any atom is 0.335 e. The van der Waals surface area contributed by atoms with Crippen LogP contribution in [0.2, 0.25) is 0 Å². The van der Waals surface area contributed by atoms with Gasteiger partial charge in [0.2, 0.25) is 0 Å². The van der Waals surface area contributed by atoms with Gasteiger partial charge in [-0.2, -0.15) is 0 Å². The molecule has 0 aliphatic carbocycles. The van der Waals surface area contributed by atoms with Crippen molar-refractivity contribution in [1.29, 1.82) is 0 Å². The zero-order valence-corrected chi connectivity index (χ0v) is 8.79. The van der Waals surface area contributed by atoms with Crippen molar-refractivity contribution >= 4 is 5.97 Å². The van der Waals surface area contributed by atoms with Crippen LogP contribution in [-0.4, -0.2) is 17.6 Å². The van der Waals surface area contributed by atoms with E-state index >= 15 is 0 Å². The van der Waals surface area contributed by atoms with Gasteiger partial charge in [0.15, 0.2) is 0 Å². The van der Waals surface area contributed by atoms with Crippen LogP contribution >= 0.6 is 0 Å². The summed E-state index contributed by atoms with van der Waals surface area (Å²) in [4.78, 5) is 10.7. The van der Waals surface area contributed by atoms with Crippen LogP contribution in [0.25, 0.3) is 0 Å². The van der Waals surface area contributed by atoms with Crippen molar-refractivity contribution in [3.8, 4) is 0 Å². The highest BCUT2D eigenvalue weighted by atomic mass is 16.4. The lowest BCUT2D eigenvalue weighted by atomic mass is 10.1. The van der Waals surface area contributed by atoms with Crippen LogP contribution < -0.4 is 5.32 Å². The first kappa shape index (κ1) is 11.5. The molecule has 0 aliphatic heterocycles.